The number of rotatable bonds is 6. The van der Waals surface area contributed by atoms with Gasteiger partial charge in [-0.25, -0.2) is 4.42 Å². The first-order chi connectivity index (χ1) is 21.7. The molecule has 0 spiro atoms. The SMILES string of the molecule is Cc1ccc2[o+]c(C=Cc3ccccc3)c(-c3ccccc3)c(C=C3C=C(C=Cc4ccccc4)Oc4ccccc43)c2c1. The van der Waals surface area contributed by atoms with Gasteiger partial charge in [-0.2, -0.15) is 0 Å². The molecule has 0 saturated carbocycles. The van der Waals surface area contributed by atoms with E-state index in [1.807, 2.05) is 60.7 Å². The lowest BCUT2D eigenvalue weighted by molar-refractivity contribution is 0.440. The van der Waals surface area contributed by atoms with Gasteiger partial charge >= 0.3 is 11.3 Å². The van der Waals surface area contributed by atoms with E-state index in [1.54, 1.807) is 0 Å². The molecule has 2 heterocycles. The molecule has 7 rings (SSSR count). The van der Waals surface area contributed by atoms with E-state index >= 15 is 0 Å². The Morgan fingerprint density at radius 2 is 1.25 bits per heavy atom. The summed E-state index contributed by atoms with van der Waals surface area (Å²) >= 11 is 0. The largest absolute Gasteiger partial charge is 0.457 e. The van der Waals surface area contributed by atoms with Gasteiger partial charge in [0.25, 0.3) is 0 Å². The van der Waals surface area contributed by atoms with Crippen molar-refractivity contribution >= 4 is 40.8 Å². The normalized spacial score (nSPS) is 13.8. The molecule has 44 heavy (non-hydrogen) atoms. The fourth-order valence-electron chi connectivity index (χ4n) is 5.57. The summed E-state index contributed by atoms with van der Waals surface area (Å²) in [6.07, 6.45) is 12.7. The molecule has 0 aliphatic carbocycles. The first-order valence-electron chi connectivity index (χ1n) is 14.8. The highest BCUT2D eigenvalue weighted by Crippen LogP contribution is 2.41. The van der Waals surface area contributed by atoms with Crippen molar-refractivity contribution in [2.24, 2.45) is 0 Å². The number of allylic oxidation sites excluding steroid dienone is 3. The molecule has 0 saturated heterocycles. The molecule has 210 valence electrons. The Morgan fingerprint density at radius 3 is 1.98 bits per heavy atom. The molecular formula is C42H31O2+. The molecule has 0 fully saturated rings. The Labute approximate surface area is 258 Å². The van der Waals surface area contributed by atoms with E-state index in [2.05, 4.69) is 116 Å². The van der Waals surface area contributed by atoms with Crippen molar-refractivity contribution in [3.63, 3.8) is 0 Å². The molecule has 2 nitrogen and oxygen atoms in total. The second-order valence-corrected chi connectivity index (χ2v) is 10.9. The molecule has 0 atom stereocenters. The average Bonchev–Trinajstić information content (AvgIpc) is 3.08. The van der Waals surface area contributed by atoms with Crippen LogP contribution in [-0.2, 0) is 0 Å². The van der Waals surface area contributed by atoms with Gasteiger partial charge in [-0.05, 0) is 77.3 Å². The predicted octanol–water partition coefficient (Wildman–Crippen LogP) is 11.4. The molecule has 0 radical (unpaired) electrons. The van der Waals surface area contributed by atoms with E-state index in [0.717, 1.165) is 67.2 Å². The zero-order valence-electron chi connectivity index (χ0n) is 24.5. The van der Waals surface area contributed by atoms with Gasteiger partial charge in [-0.15, -0.1) is 0 Å². The Bertz CT molecular complexity index is 2070. The summed E-state index contributed by atoms with van der Waals surface area (Å²) in [5, 5.41) is 1.06. The third-order valence-electron chi connectivity index (χ3n) is 7.71. The van der Waals surface area contributed by atoms with Gasteiger partial charge in [0.1, 0.15) is 11.5 Å². The van der Waals surface area contributed by atoms with Gasteiger partial charge in [-0.3, -0.25) is 0 Å². The summed E-state index contributed by atoms with van der Waals surface area (Å²) in [5.41, 5.74) is 9.60. The molecule has 1 aromatic heterocycles. The van der Waals surface area contributed by atoms with Gasteiger partial charge in [0.15, 0.2) is 0 Å². The van der Waals surface area contributed by atoms with Crippen LogP contribution in [0.5, 0.6) is 5.75 Å². The van der Waals surface area contributed by atoms with Gasteiger partial charge in [0, 0.05) is 23.3 Å². The van der Waals surface area contributed by atoms with Crippen molar-refractivity contribution in [3.8, 4) is 16.9 Å². The maximum atomic E-state index is 6.66. The molecule has 0 N–H and O–H groups in total. The second-order valence-electron chi connectivity index (χ2n) is 10.9. The van der Waals surface area contributed by atoms with Gasteiger partial charge in [-0.1, -0.05) is 115 Å². The number of ether oxygens (including phenoxy) is 1. The smallest absolute Gasteiger partial charge is 0.362 e. The molecule has 5 aromatic carbocycles. The molecule has 0 bridgehead atoms. The summed E-state index contributed by atoms with van der Waals surface area (Å²) in [6.45, 7) is 2.12. The monoisotopic (exact) mass is 567 g/mol. The molecule has 0 amide bonds. The van der Waals surface area contributed by atoms with Crippen LogP contribution in [0.1, 0.15) is 33.6 Å². The number of fused-ring (bicyclic) bond motifs is 2. The maximum Gasteiger partial charge on any atom is 0.362 e. The Hall–Kier alpha value is -5.73. The molecule has 1 aliphatic heterocycles. The number of hydrogen-bond donors (Lipinski definition) is 0. The van der Waals surface area contributed by atoms with Crippen LogP contribution in [0.15, 0.2) is 156 Å². The highest BCUT2D eigenvalue weighted by atomic mass is 16.5. The standard InChI is InChI=1S/C42H31O2/c1-30-21-25-40-37(27-30)38(42(33-17-9-4-10-18-33)41(44-40)26-23-32-15-7-3-8-16-32)29-34-28-35(24-22-31-13-5-2-6-14-31)43-39-20-12-11-19-36(34)39/h2-29H,1H3/q+1. The van der Waals surface area contributed by atoms with Crippen molar-refractivity contribution in [2.45, 2.75) is 6.92 Å². The van der Waals surface area contributed by atoms with Crippen LogP contribution in [0.25, 0.3) is 52.0 Å². The summed E-state index contributed by atoms with van der Waals surface area (Å²) < 4.78 is 13.0. The third-order valence-corrected chi connectivity index (χ3v) is 7.71. The average molecular weight is 568 g/mol. The van der Waals surface area contributed by atoms with E-state index in [4.69, 9.17) is 9.15 Å². The first-order valence-corrected chi connectivity index (χ1v) is 14.8. The second kappa shape index (κ2) is 12.2. The van der Waals surface area contributed by atoms with Crippen LogP contribution >= 0.6 is 0 Å². The highest BCUT2D eigenvalue weighted by molar-refractivity contribution is 6.03. The minimum absolute atomic E-state index is 0.783. The lowest BCUT2D eigenvalue weighted by atomic mass is 9.91. The molecule has 6 aromatic rings. The van der Waals surface area contributed by atoms with Crippen molar-refractivity contribution in [1.29, 1.82) is 0 Å². The minimum Gasteiger partial charge on any atom is -0.457 e. The van der Waals surface area contributed by atoms with Gasteiger partial charge in [0.05, 0.1) is 10.9 Å². The topological polar surface area (TPSA) is 20.5 Å². The lowest BCUT2D eigenvalue weighted by Crippen LogP contribution is -2.02. The summed E-state index contributed by atoms with van der Waals surface area (Å²) in [7, 11) is 0. The fourth-order valence-corrected chi connectivity index (χ4v) is 5.57. The highest BCUT2D eigenvalue weighted by Gasteiger charge is 2.25. The quantitative estimate of drug-likeness (QED) is 0.187. The zero-order chi connectivity index (χ0) is 29.7. The fraction of sp³-hybridized carbons (Fsp3) is 0.0238. The van der Waals surface area contributed by atoms with E-state index < -0.39 is 0 Å². The van der Waals surface area contributed by atoms with Gasteiger partial charge < -0.3 is 4.74 Å². The Kier molecular flexibility index (Phi) is 7.55. The van der Waals surface area contributed by atoms with Crippen LogP contribution in [0.3, 0.4) is 0 Å². The molecule has 2 heteroatoms. The molecular weight excluding hydrogens is 536 g/mol. The maximum absolute atomic E-state index is 6.66. The summed E-state index contributed by atoms with van der Waals surface area (Å²) in [6, 6.07) is 45.7. The first kappa shape index (κ1) is 27.1. The van der Waals surface area contributed by atoms with E-state index in [0.29, 0.717) is 0 Å². The van der Waals surface area contributed by atoms with E-state index in [-0.39, 0.29) is 0 Å². The number of benzene rings is 5. The van der Waals surface area contributed by atoms with Crippen molar-refractivity contribution in [2.75, 3.05) is 0 Å². The third kappa shape index (κ3) is 5.79. The van der Waals surface area contributed by atoms with Crippen molar-refractivity contribution < 1.29 is 9.15 Å². The van der Waals surface area contributed by atoms with E-state index in [1.165, 1.54) is 5.56 Å². The van der Waals surface area contributed by atoms with Crippen LogP contribution in [0.4, 0.5) is 0 Å². The van der Waals surface area contributed by atoms with Crippen LogP contribution in [-0.4, -0.2) is 0 Å². The van der Waals surface area contributed by atoms with Gasteiger partial charge in [0.2, 0.25) is 0 Å². The summed E-state index contributed by atoms with van der Waals surface area (Å²) in [5.74, 6) is 2.42. The Morgan fingerprint density at radius 1 is 0.614 bits per heavy atom. The van der Waals surface area contributed by atoms with Crippen LogP contribution < -0.4 is 4.74 Å². The van der Waals surface area contributed by atoms with E-state index in [9.17, 15) is 0 Å². The number of para-hydroxylation sites is 1. The van der Waals surface area contributed by atoms with Crippen LogP contribution in [0, 0.1) is 6.92 Å². The molecule has 1 aliphatic rings. The molecule has 0 unspecified atom stereocenters. The lowest BCUT2D eigenvalue weighted by Gasteiger charge is -2.19. The van der Waals surface area contributed by atoms with Crippen molar-refractivity contribution in [1.82, 2.24) is 0 Å². The van der Waals surface area contributed by atoms with Crippen molar-refractivity contribution in [3.05, 3.63) is 185 Å². The zero-order valence-corrected chi connectivity index (χ0v) is 24.5. The Balaban J connectivity index is 1.48. The van der Waals surface area contributed by atoms with Crippen LogP contribution in [0.2, 0.25) is 0 Å². The predicted molar refractivity (Wildman–Crippen MR) is 185 cm³/mol. The minimum atomic E-state index is 0.783. The number of hydrogen-bond acceptors (Lipinski definition) is 1. The number of aryl methyl sites for hydroxylation is 1. The summed E-state index contributed by atoms with van der Waals surface area (Å²) in [4.78, 5) is 0.